The standard InChI is InChI=1S/C37H59O4P.Na/c1-16-17-18-19-37(14,15)30-26-20-24(33(2,3)4)22-28(35(8,9)10)31(26)40-42(38,39)41-32-27(30)21-25(34(5,6)7)23-29(32)36(11,12)13;/h20-23,30H,16-19H2,1-15H3,(H,38,39);/q;+1/p-1. The second-order valence-electron chi connectivity index (χ2n) is 17.4. The van der Waals surface area contributed by atoms with Crippen LogP contribution in [0.3, 0.4) is 0 Å². The minimum Gasteiger partial charge on any atom is -0.736 e. The molecule has 1 heterocycles. The summed E-state index contributed by atoms with van der Waals surface area (Å²) in [6.07, 6.45) is 4.39. The molecule has 0 aliphatic carbocycles. The van der Waals surface area contributed by atoms with E-state index >= 15 is 0 Å². The first kappa shape index (κ1) is 38.4. The van der Waals surface area contributed by atoms with Gasteiger partial charge in [-0.3, -0.25) is 0 Å². The summed E-state index contributed by atoms with van der Waals surface area (Å²) >= 11 is 0. The smallest absolute Gasteiger partial charge is 0.736 e. The van der Waals surface area contributed by atoms with Gasteiger partial charge in [-0.1, -0.05) is 147 Å². The zero-order valence-corrected chi connectivity index (χ0v) is 33.2. The van der Waals surface area contributed by atoms with Gasteiger partial charge in [0, 0.05) is 28.2 Å². The molecule has 0 bridgehead atoms. The van der Waals surface area contributed by atoms with Crippen molar-refractivity contribution in [3.63, 3.8) is 0 Å². The maximum Gasteiger partial charge on any atom is 1.00 e. The first-order valence-corrected chi connectivity index (χ1v) is 17.3. The summed E-state index contributed by atoms with van der Waals surface area (Å²) in [4.78, 5) is 13.8. The SMILES string of the molecule is CCCCCC(C)(C)C1c2cc(C(C)(C)C)cc(C(C)(C)C)c2OP(=O)([O-])Oc2c1cc(C(C)(C)C)cc2C(C)(C)C.[Na+]. The molecule has 1 aliphatic heterocycles. The van der Waals surface area contributed by atoms with Crippen molar-refractivity contribution < 1.29 is 48.1 Å². The predicted octanol–water partition coefficient (Wildman–Crippen LogP) is 7.86. The van der Waals surface area contributed by atoms with E-state index in [0.29, 0.717) is 11.5 Å². The van der Waals surface area contributed by atoms with Gasteiger partial charge in [-0.2, -0.15) is 0 Å². The molecule has 2 aromatic rings. The molecular weight excluding hydrogens is 562 g/mol. The van der Waals surface area contributed by atoms with Gasteiger partial charge in [-0.05, 0) is 44.6 Å². The summed E-state index contributed by atoms with van der Waals surface area (Å²) in [6, 6.07) is 8.75. The van der Waals surface area contributed by atoms with Crippen LogP contribution in [0.25, 0.3) is 0 Å². The Kier molecular flexibility index (Phi) is 11.4. The third-order valence-electron chi connectivity index (χ3n) is 8.82. The number of phosphoric ester groups is 1. The average Bonchev–Trinajstić information content (AvgIpc) is 2.76. The number of hydrogen-bond acceptors (Lipinski definition) is 4. The Bertz CT molecular complexity index is 1260. The molecule has 2 aromatic carbocycles. The van der Waals surface area contributed by atoms with Crippen LogP contribution in [0.5, 0.6) is 11.5 Å². The van der Waals surface area contributed by atoms with E-state index in [2.05, 4.69) is 128 Å². The molecule has 0 saturated heterocycles. The third-order valence-corrected chi connectivity index (χ3v) is 9.63. The van der Waals surface area contributed by atoms with Gasteiger partial charge in [0.1, 0.15) is 11.5 Å². The van der Waals surface area contributed by atoms with Crippen LogP contribution in [0, 0.1) is 5.41 Å². The summed E-state index contributed by atoms with van der Waals surface area (Å²) in [5.74, 6) is 0.726. The Morgan fingerprint density at radius 3 is 1.33 bits per heavy atom. The molecular formula is C37H58NaO4P. The van der Waals surface area contributed by atoms with Crippen molar-refractivity contribution in [1.29, 1.82) is 0 Å². The quantitative estimate of drug-likeness (QED) is 0.194. The molecule has 0 radical (unpaired) electrons. The van der Waals surface area contributed by atoms with Crippen LogP contribution in [0.4, 0.5) is 0 Å². The molecule has 0 spiro atoms. The summed E-state index contributed by atoms with van der Waals surface area (Å²) in [5.41, 5.74) is 4.83. The van der Waals surface area contributed by atoms with E-state index < -0.39 is 7.82 Å². The second-order valence-corrected chi connectivity index (χ2v) is 18.7. The van der Waals surface area contributed by atoms with Crippen LogP contribution in [0.15, 0.2) is 24.3 Å². The fourth-order valence-corrected chi connectivity index (χ4v) is 7.03. The number of rotatable bonds is 5. The maximum absolute atomic E-state index is 13.8. The van der Waals surface area contributed by atoms with Gasteiger partial charge in [0.2, 0.25) is 0 Å². The Labute approximate surface area is 286 Å². The van der Waals surface area contributed by atoms with Gasteiger partial charge in [-0.15, -0.1) is 0 Å². The van der Waals surface area contributed by atoms with E-state index in [9.17, 15) is 9.46 Å². The molecule has 0 saturated carbocycles. The van der Waals surface area contributed by atoms with E-state index in [4.69, 9.17) is 9.05 Å². The Hall–Kier alpha value is -0.770. The van der Waals surface area contributed by atoms with E-state index in [1.807, 2.05) is 0 Å². The van der Waals surface area contributed by atoms with Crippen molar-refractivity contribution in [2.45, 2.75) is 157 Å². The molecule has 0 fully saturated rings. The maximum atomic E-state index is 13.8. The van der Waals surface area contributed by atoms with Gasteiger partial charge in [-0.25, -0.2) is 4.57 Å². The molecule has 1 aliphatic rings. The van der Waals surface area contributed by atoms with Crippen LogP contribution in [0.2, 0.25) is 0 Å². The zero-order chi connectivity index (χ0) is 32.3. The second kappa shape index (κ2) is 12.8. The van der Waals surface area contributed by atoms with Crippen molar-refractivity contribution in [3.05, 3.63) is 57.6 Å². The van der Waals surface area contributed by atoms with Crippen LogP contribution < -0.4 is 43.5 Å². The number of fused-ring (bicyclic) bond motifs is 2. The minimum atomic E-state index is -4.78. The van der Waals surface area contributed by atoms with Crippen molar-refractivity contribution in [2.75, 3.05) is 0 Å². The summed E-state index contributed by atoms with van der Waals surface area (Å²) in [6.45, 7) is 33.0. The van der Waals surface area contributed by atoms with Crippen LogP contribution in [0.1, 0.15) is 169 Å². The molecule has 0 atom stereocenters. The predicted molar refractivity (Wildman–Crippen MR) is 176 cm³/mol. The molecule has 0 unspecified atom stereocenters. The van der Waals surface area contributed by atoms with Crippen LogP contribution >= 0.6 is 7.82 Å². The van der Waals surface area contributed by atoms with Crippen molar-refractivity contribution in [3.8, 4) is 11.5 Å². The third kappa shape index (κ3) is 8.74. The largest absolute Gasteiger partial charge is 1.00 e. The van der Waals surface area contributed by atoms with Crippen molar-refractivity contribution in [1.82, 2.24) is 0 Å². The molecule has 0 aromatic heterocycles. The number of benzene rings is 2. The minimum absolute atomic E-state index is 0. The Morgan fingerprint density at radius 2 is 1.02 bits per heavy atom. The van der Waals surface area contributed by atoms with Gasteiger partial charge in [0.05, 0.1) is 0 Å². The number of unbranched alkanes of at least 4 members (excludes halogenated alkanes) is 2. The first-order valence-electron chi connectivity index (χ1n) is 15.9. The van der Waals surface area contributed by atoms with Gasteiger partial charge in [0.15, 0.2) is 0 Å². The topological polar surface area (TPSA) is 58.6 Å². The van der Waals surface area contributed by atoms with Gasteiger partial charge >= 0.3 is 37.4 Å². The van der Waals surface area contributed by atoms with E-state index in [0.717, 1.165) is 47.9 Å². The first-order chi connectivity index (χ1) is 18.8. The number of hydrogen-bond donors (Lipinski definition) is 0. The van der Waals surface area contributed by atoms with Gasteiger partial charge in [0.25, 0.3) is 0 Å². The fourth-order valence-electron chi connectivity index (χ4n) is 6.14. The normalized spacial score (nSPS) is 19.7. The summed E-state index contributed by atoms with van der Waals surface area (Å²) < 4.78 is 26.0. The molecule has 236 valence electrons. The molecule has 6 heteroatoms. The van der Waals surface area contributed by atoms with Crippen LogP contribution in [-0.4, -0.2) is 0 Å². The van der Waals surface area contributed by atoms with Crippen LogP contribution in [-0.2, 0) is 26.2 Å². The molecule has 0 amide bonds. The Balaban J connectivity index is 0.00000645. The van der Waals surface area contributed by atoms with E-state index in [-0.39, 0.29) is 62.6 Å². The summed E-state index contributed by atoms with van der Waals surface area (Å²) in [7, 11) is -4.78. The molecule has 43 heavy (non-hydrogen) atoms. The van der Waals surface area contributed by atoms with E-state index in [1.165, 1.54) is 11.1 Å². The monoisotopic (exact) mass is 620 g/mol. The van der Waals surface area contributed by atoms with E-state index in [1.54, 1.807) is 0 Å². The number of phosphoric acid groups is 1. The fraction of sp³-hybridized carbons (Fsp3) is 0.676. The van der Waals surface area contributed by atoms with Gasteiger partial charge < -0.3 is 13.9 Å². The molecule has 3 rings (SSSR count). The van der Waals surface area contributed by atoms with Crippen molar-refractivity contribution in [2.24, 2.45) is 5.41 Å². The zero-order valence-electron chi connectivity index (χ0n) is 30.3. The van der Waals surface area contributed by atoms with Crippen molar-refractivity contribution >= 4 is 7.82 Å². The Morgan fingerprint density at radius 1 is 0.651 bits per heavy atom. The summed E-state index contributed by atoms with van der Waals surface area (Å²) in [5, 5.41) is 0. The molecule has 0 N–H and O–H groups in total. The average molecular weight is 621 g/mol. The molecule has 4 nitrogen and oxygen atoms in total.